The molecule has 13 heavy (non-hydrogen) atoms. The van der Waals surface area contributed by atoms with Crippen molar-refractivity contribution in [1.29, 1.82) is 0 Å². The Bertz CT molecular complexity index is 278. The summed E-state index contributed by atoms with van der Waals surface area (Å²) >= 11 is 31.4. The fourth-order valence-corrected chi connectivity index (χ4v) is 2.44. The van der Waals surface area contributed by atoms with Crippen LogP contribution in [0.5, 0.6) is 0 Å². The van der Waals surface area contributed by atoms with Crippen LogP contribution in [-0.2, 0) is 10.1 Å². The lowest BCUT2D eigenvalue weighted by atomic mass is 10.5. The Labute approximate surface area is 105 Å². The Morgan fingerprint density at radius 3 is 1.46 bits per heavy atom. The zero-order valence-electron chi connectivity index (χ0n) is 5.52. The SMILES string of the molecule is O=S(=O)(O)C(Cl)(Cl)C(Cl)C(Cl)(Cl)Cl. The minimum Gasteiger partial charge on any atom is -0.283 e. The Kier molecular flexibility index (Phi) is 4.80. The number of hydrogen-bond acceptors (Lipinski definition) is 2. The van der Waals surface area contributed by atoms with Crippen molar-refractivity contribution in [3.05, 3.63) is 0 Å². The first-order chi connectivity index (χ1) is 5.40. The van der Waals surface area contributed by atoms with Crippen LogP contribution in [0, 0.1) is 0 Å². The summed E-state index contributed by atoms with van der Waals surface area (Å²) in [5.41, 5.74) is 0. The zero-order valence-corrected chi connectivity index (χ0v) is 10.9. The van der Waals surface area contributed by atoms with Crippen molar-refractivity contribution in [3.8, 4) is 0 Å². The molecule has 0 spiro atoms. The molecule has 0 saturated heterocycles. The summed E-state index contributed by atoms with van der Waals surface area (Å²) in [5, 5.41) is -1.82. The molecule has 1 atom stereocenters. The van der Waals surface area contributed by atoms with Crippen LogP contribution in [0.15, 0.2) is 0 Å². The summed E-state index contributed by atoms with van der Waals surface area (Å²) in [5.74, 6) is 0. The second kappa shape index (κ2) is 4.26. The van der Waals surface area contributed by atoms with Gasteiger partial charge in [0.05, 0.1) is 0 Å². The molecule has 0 amide bonds. The van der Waals surface area contributed by atoms with E-state index < -0.39 is 23.0 Å². The van der Waals surface area contributed by atoms with Crippen molar-refractivity contribution in [1.82, 2.24) is 0 Å². The average Bonchev–Trinajstić information content (AvgIpc) is 1.81. The van der Waals surface area contributed by atoms with Crippen molar-refractivity contribution in [3.63, 3.8) is 0 Å². The molecule has 10 heteroatoms. The molecule has 0 saturated carbocycles. The van der Waals surface area contributed by atoms with Gasteiger partial charge < -0.3 is 0 Å². The van der Waals surface area contributed by atoms with Gasteiger partial charge in [0.2, 0.25) is 3.79 Å². The molecule has 0 rings (SSSR count). The van der Waals surface area contributed by atoms with Crippen LogP contribution in [0.2, 0.25) is 0 Å². The molecule has 0 aromatic heterocycles. The van der Waals surface area contributed by atoms with Gasteiger partial charge in [-0.15, -0.1) is 11.6 Å². The van der Waals surface area contributed by atoms with Gasteiger partial charge in [-0.2, -0.15) is 8.42 Å². The monoisotopic (exact) mass is 328 g/mol. The molecule has 80 valence electrons. The molecule has 0 radical (unpaired) electrons. The minimum absolute atomic E-state index is 1.82. The lowest BCUT2D eigenvalue weighted by molar-refractivity contribution is 0.472. The zero-order chi connectivity index (χ0) is 11.1. The Balaban J connectivity index is 5.09. The average molecular weight is 331 g/mol. The molecular weight excluding hydrogens is 329 g/mol. The molecule has 1 N–H and O–H groups in total. The predicted molar refractivity (Wildman–Crippen MR) is 55.9 cm³/mol. The van der Waals surface area contributed by atoms with Gasteiger partial charge >= 0.3 is 10.1 Å². The van der Waals surface area contributed by atoms with E-state index in [0.717, 1.165) is 0 Å². The Hall–Kier alpha value is 1.65. The fourth-order valence-electron chi connectivity index (χ4n) is 0.321. The van der Waals surface area contributed by atoms with Crippen LogP contribution in [-0.4, -0.2) is 25.8 Å². The van der Waals surface area contributed by atoms with Gasteiger partial charge in [-0.1, -0.05) is 58.0 Å². The van der Waals surface area contributed by atoms with E-state index in [9.17, 15) is 8.42 Å². The molecule has 1 unspecified atom stereocenters. The van der Waals surface area contributed by atoms with Crippen LogP contribution in [0.1, 0.15) is 0 Å². The summed E-state index contributed by atoms with van der Waals surface area (Å²) in [6, 6.07) is 0. The summed E-state index contributed by atoms with van der Waals surface area (Å²) in [6.07, 6.45) is 0. The number of halogens is 6. The van der Waals surface area contributed by atoms with Crippen molar-refractivity contribution < 1.29 is 13.0 Å². The smallest absolute Gasteiger partial charge is 0.283 e. The first kappa shape index (κ1) is 14.6. The lowest BCUT2D eigenvalue weighted by Crippen LogP contribution is -2.43. The maximum atomic E-state index is 10.6. The summed E-state index contributed by atoms with van der Waals surface area (Å²) in [4.78, 5) is 0. The van der Waals surface area contributed by atoms with Crippen LogP contribution < -0.4 is 0 Å². The first-order valence-corrected chi connectivity index (χ1v) is 6.23. The van der Waals surface area contributed by atoms with E-state index in [1.54, 1.807) is 0 Å². The summed E-state index contributed by atoms with van der Waals surface area (Å²) in [7, 11) is -4.84. The van der Waals surface area contributed by atoms with Crippen molar-refractivity contribution in [2.24, 2.45) is 0 Å². The first-order valence-electron chi connectivity index (χ1n) is 2.46. The van der Waals surface area contributed by atoms with Crippen molar-refractivity contribution >= 4 is 79.7 Å². The molecule has 0 aliphatic carbocycles. The molecule has 0 aromatic carbocycles. The second-order valence-corrected chi connectivity index (χ2v) is 8.17. The van der Waals surface area contributed by atoms with Gasteiger partial charge in [-0.05, 0) is 0 Å². The minimum atomic E-state index is -4.84. The van der Waals surface area contributed by atoms with Crippen LogP contribution >= 0.6 is 69.6 Å². The Morgan fingerprint density at radius 2 is 1.38 bits per heavy atom. The predicted octanol–water partition coefficient (Wildman–Crippen LogP) is 2.98. The maximum Gasteiger partial charge on any atom is 0.301 e. The molecule has 0 bridgehead atoms. The van der Waals surface area contributed by atoms with E-state index in [-0.39, 0.29) is 0 Å². The third-order valence-corrected chi connectivity index (χ3v) is 5.45. The van der Waals surface area contributed by atoms with E-state index >= 15 is 0 Å². The van der Waals surface area contributed by atoms with Gasteiger partial charge in [0.25, 0.3) is 3.67 Å². The van der Waals surface area contributed by atoms with E-state index in [2.05, 4.69) is 0 Å². The topological polar surface area (TPSA) is 54.4 Å². The van der Waals surface area contributed by atoms with Gasteiger partial charge in [-0.25, -0.2) is 0 Å². The largest absolute Gasteiger partial charge is 0.301 e. The molecular formula is C3H2Cl6O3S. The molecule has 0 aromatic rings. The van der Waals surface area contributed by atoms with Gasteiger partial charge in [0.15, 0.2) is 0 Å². The highest BCUT2D eigenvalue weighted by atomic mass is 35.6. The molecule has 3 nitrogen and oxygen atoms in total. The number of alkyl halides is 6. The Morgan fingerprint density at radius 1 is 1.08 bits per heavy atom. The van der Waals surface area contributed by atoms with Gasteiger partial charge in [0.1, 0.15) is 5.38 Å². The van der Waals surface area contributed by atoms with Crippen LogP contribution in [0.3, 0.4) is 0 Å². The van der Waals surface area contributed by atoms with Crippen LogP contribution in [0.25, 0.3) is 0 Å². The fraction of sp³-hybridized carbons (Fsp3) is 1.00. The van der Waals surface area contributed by atoms with E-state index in [0.29, 0.717) is 0 Å². The lowest BCUT2D eigenvalue weighted by Gasteiger charge is -2.26. The second-order valence-electron chi connectivity index (χ2n) is 1.94. The molecule has 0 aliphatic heterocycles. The highest BCUT2D eigenvalue weighted by molar-refractivity contribution is 7.90. The van der Waals surface area contributed by atoms with E-state index in [1.165, 1.54) is 0 Å². The molecule has 0 fully saturated rings. The maximum absolute atomic E-state index is 10.6. The third kappa shape index (κ3) is 3.61. The highest BCUT2D eigenvalue weighted by Crippen LogP contribution is 2.46. The van der Waals surface area contributed by atoms with E-state index in [4.69, 9.17) is 74.2 Å². The molecule has 0 heterocycles. The van der Waals surface area contributed by atoms with Gasteiger partial charge in [0, 0.05) is 0 Å². The number of rotatable bonds is 2. The van der Waals surface area contributed by atoms with Crippen molar-refractivity contribution in [2.45, 2.75) is 12.8 Å². The quantitative estimate of drug-likeness (QED) is 0.625. The third-order valence-electron chi connectivity index (χ3n) is 0.926. The van der Waals surface area contributed by atoms with Crippen molar-refractivity contribution in [2.75, 3.05) is 0 Å². The summed E-state index contributed by atoms with van der Waals surface area (Å²) < 4.78 is 24.7. The summed E-state index contributed by atoms with van der Waals surface area (Å²) in [6.45, 7) is 0. The number of hydrogen-bond donors (Lipinski definition) is 1. The van der Waals surface area contributed by atoms with E-state index in [1.807, 2.05) is 0 Å². The van der Waals surface area contributed by atoms with Crippen LogP contribution in [0.4, 0.5) is 0 Å². The van der Waals surface area contributed by atoms with Gasteiger partial charge in [-0.3, -0.25) is 4.55 Å². The highest BCUT2D eigenvalue weighted by Gasteiger charge is 2.54. The normalized spacial score (nSPS) is 17.2. The standard InChI is InChI=1S/C3H2Cl6O3S/c4-1(2(5,6)7)3(8,9)13(10,11)12/h1H,(H,10,11,12). The molecule has 0 aliphatic rings.